The minimum absolute atomic E-state index is 0.0769. The Morgan fingerprint density at radius 2 is 2.27 bits per heavy atom. The van der Waals surface area contributed by atoms with Crippen LogP contribution in [-0.4, -0.2) is 40.8 Å². The fourth-order valence-electron chi connectivity index (χ4n) is 2.99. The van der Waals surface area contributed by atoms with E-state index in [0.717, 1.165) is 10.9 Å². The van der Waals surface area contributed by atoms with E-state index in [9.17, 15) is 14.0 Å². The van der Waals surface area contributed by atoms with Gasteiger partial charge in [-0.05, 0) is 30.2 Å². The molecule has 2 amide bonds. The zero-order valence-corrected chi connectivity index (χ0v) is 12.4. The van der Waals surface area contributed by atoms with Crippen LogP contribution >= 0.6 is 0 Å². The molecule has 1 aromatic heterocycles. The molecule has 2 heterocycles. The first-order chi connectivity index (χ1) is 10.6. The van der Waals surface area contributed by atoms with Crippen LogP contribution in [0.5, 0.6) is 0 Å². The van der Waals surface area contributed by atoms with Crippen molar-refractivity contribution in [2.75, 3.05) is 13.1 Å². The van der Waals surface area contributed by atoms with Crippen LogP contribution in [0.25, 0.3) is 10.9 Å². The number of aromatic amines is 1. The van der Waals surface area contributed by atoms with Crippen LogP contribution in [0.2, 0.25) is 0 Å². The van der Waals surface area contributed by atoms with Gasteiger partial charge in [0.15, 0.2) is 0 Å². The standard InChI is InChI=1S/C16H18FN3O2/c1-2-14-16(22)18-5-6-20(14)15(21)7-10-9-19-13-8-11(17)3-4-12(10)13/h3-4,8-9,14,19H,2,5-7H2,1H3,(H,18,22). The van der Waals surface area contributed by atoms with Crippen molar-refractivity contribution in [3.8, 4) is 0 Å². The molecule has 1 saturated heterocycles. The lowest BCUT2D eigenvalue weighted by Gasteiger charge is -2.34. The molecule has 2 aromatic rings. The van der Waals surface area contributed by atoms with E-state index in [1.807, 2.05) is 6.92 Å². The zero-order chi connectivity index (χ0) is 15.7. The van der Waals surface area contributed by atoms with Gasteiger partial charge in [0, 0.05) is 30.2 Å². The lowest BCUT2D eigenvalue weighted by atomic mass is 10.1. The summed E-state index contributed by atoms with van der Waals surface area (Å²) in [5.74, 6) is -0.485. The number of hydrogen-bond acceptors (Lipinski definition) is 2. The van der Waals surface area contributed by atoms with E-state index in [0.29, 0.717) is 25.0 Å². The molecule has 116 valence electrons. The summed E-state index contributed by atoms with van der Waals surface area (Å²) in [5.41, 5.74) is 1.49. The number of halogens is 1. The predicted molar refractivity (Wildman–Crippen MR) is 80.8 cm³/mol. The van der Waals surface area contributed by atoms with Gasteiger partial charge in [0.05, 0.1) is 6.42 Å². The zero-order valence-electron chi connectivity index (χ0n) is 12.4. The van der Waals surface area contributed by atoms with Gasteiger partial charge in [0.1, 0.15) is 11.9 Å². The van der Waals surface area contributed by atoms with Gasteiger partial charge in [-0.25, -0.2) is 4.39 Å². The topological polar surface area (TPSA) is 65.2 Å². The second kappa shape index (κ2) is 5.79. The maximum Gasteiger partial charge on any atom is 0.242 e. The summed E-state index contributed by atoms with van der Waals surface area (Å²) in [6.45, 7) is 2.91. The van der Waals surface area contributed by atoms with Crippen LogP contribution < -0.4 is 5.32 Å². The molecule has 0 radical (unpaired) electrons. The Labute approximate surface area is 127 Å². The Kier molecular flexibility index (Phi) is 3.83. The third-order valence-electron chi connectivity index (χ3n) is 4.11. The number of nitrogens with one attached hydrogen (secondary N) is 2. The number of H-pyrrole nitrogens is 1. The van der Waals surface area contributed by atoms with Crippen molar-refractivity contribution in [2.24, 2.45) is 0 Å². The van der Waals surface area contributed by atoms with Crippen molar-refractivity contribution in [2.45, 2.75) is 25.8 Å². The molecule has 1 aliphatic rings. The highest BCUT2D eigenvalue weighted by Crippen LogP contribution is 2.21. The van der Waals surface area contributed by atoms with Gasteiger partial charge in [0.25, 0.3) is 0 Å². The third-order valence-corrected chi connectivity index (χ3v) is 4.11. The van der Waals surface area contributed by atoms with E-state index in [2.05, 4.69) is 10.3 Å². The quantitative estimate of drug-likeness (QED) is 0.904. The number of benzene rings is 1. The van der Waals surface area contributed by atoms with Crippen molar-refractivity contribution in [1.82, 2.24) is 15.2 Å². The van der Waals surface area contributed by atoms with E-state index >= 15 is 0 Å². The van der Waals surface area contributed by atoms with Gasteiger partial charge < -0.3 is 15.2 Å². The number of nitrogens with zero attached hydrogens (tertiary/aromatic N) is 1. The molecule has 22 heavy (non-hydrogen) atoms. The number of rotatable bonds is 3. The smallest absolute Gasteiger partial charge is 0.242 e. The Bertz CT molecular complexity index is 725. The number of aromatic nitrogens is 1. The summed E-state index contributed by atoms with van der Waals surface area (Å²) < 4.78 is 13.2. The molecule has 0 aliphatic carbocycles. The molecule has 1 atom stereocenters. The average molecular weight is 303 g/mol. The Hall–Kier alpha value is -2.37. The fraction of sp³-hybridized carbons (Fsp3) is 0.375. The molecule has 1 aromatic carbocycles. The highest BCUT2D eigenvalue weighted by Gasteiger charge is 2.31. The summed E-state index contributed by atoms with van der Waals surface area (Å²) in [6.07, 6.45) is 2.53. The van der Waals surface area contributed by atoms with Crippen LogP contribution in [-0.2, 0) is 16.0 Å². The van der Waals surface area contributed by atoms with Gasteiger partial charge in [-0.2, -0.15) is 0 Å². The molecule has 0 spiro atoms. The van der Waals surface area contributed by atoms with Crippen LogP contribution in [0.15, 0.2) is 24.4 Å². The molecule has 6 heteroatoms. The first-order valence-corrected chi connectivity index (χ1v) is 7.43. The van der Waals surface area contributed by atoms with E-state index in [1.54, 1.807) is 17.2 Å². The van der Waals surface area contributed by atoms with Crippen LogP contribution in [0.4, 0.5) is 4.39 Å². The molecular weight excluding hydrogens is 285 g/mol. The first-order valence-electron chi connectivity index (χ1n) is 7.43. The van der Waals surface area contributed by atoms with Gasteiger partial charge in [0.2, 0.25) is 11.8 Å². The molecule has 3 rings (SSSR count). The molecule has 0 saturated carbocycles. The lowest BCUT2D eigenvalue weighted by molar-refractivity contribution is -0.142. The van der Waals surface area contributed by atoms with E-state index < -0.39 is 6.04 Å². The molecule has 5 nitrogen and oxygen atoms in total. The van der Waals surface area contributed by atoms with E-state index in [1.165, 1.54) is 12.1 Å². The number of hydrogen-bond donors (Lipinski definition) is 2. The predicted octanol–water partition coefficient (Wildman–Crippen LogP) is 1.59. The number of carbonyl (C=O) groups is 2. The van der Waals surface area contributed by atoms with Crippen LogP contribution in [0.1, 0.15) is 18.9 Å². The maximum atomic E-state index is 13.2. The Morgan fingerprint density at radius 1 is 1.45 bits per heavy atom. The van der Waals surface area contributed by atoms with Gasteiger partial charge in [-0.15, -0.1) is 0 Å². The van der Waals surface area contributed by atoms with Crippen LogP contribution in [0.3, 0.4) is 0 Å². The molecule has 1 fully saturated rings. The minimum Gasteiger partial charge on any atom is -0.361 e. The lowest BCUT2D eigenvalue weighted by Crippen LogP contribution is -2.57. The molecule has 0 bridgehead atoms. The Morgan fingerprint density at radius 3 is 3.05 bits per heavy atom. The van der Waals surface area contributed by atoms with Gasteiger partial charge in [-0.1, -0.05) is 6.92 Å². The van der Waals surface area contributed by atoms with Crippen molar-refractivity contribution >= 4 is 22.7 Å². The fourth-order valence-corrected chi connectivity index (χ4v) is 2.99. The van der Waals surface area contributed by atoms with Crippen molar-refractivity contribution in [3.05, 3.63) is 35.8 Å². The second-order valence-electron chi connectivity index (χ2n) is 5.48. The number of carbonyl (C=O) groups excluding carboxylic acids is 2. The molecular formula is C16H18FN3O2. The summed E-state index contributed by atoms with van der Waals surface area (Å²) in [6, 6.07) is 4.06. The molecule has 2 N–H and O–H groups in total. The number of amides is 2. The Balaban J connectivity index is 1.82. The normalized spacial score (nSPS) is 18.5. The van der Waals surface area contributed by atoms with Crippen molar-refractivity contribution < 1.29 is 14.0 Å². The second-order valence-corrected chi connectivity index (χ2v) is 5.48. The first kappa shape index (κ1) is 14.6. The SMILES string of the molecule is CCC1C(=O)NCCN1C(=O)Cc1c[nH]c2cc(F)ccc12. The monoisotopic (exact) mass is 303 g/mol. The summed E-state index contributed by atoms with van der Waals surface area (Å²) >= 11 is 0. The molecule has 1 unspecified atom stereocenters. The number of piperazine rings is 1. The van der Waals surface area contributed by atoms with Crippen molar-refractivity contribution in [3.63, 3.8) is 0 Å². The van der Waals surface area contributed by atoms with E-state index in [4.69, 9.17) is 0 Å². The van der Waals surface area contributed by atoms with Crippen molar-refractivity contribution in [1.29, 1.82) is 0 Å². The summed E-state index contributed by atoms with van der Waals surface area (Å²) in [4.78, 5) is 29.0. The minimum atomic E-state index is -0.399. The highest BCUT2D eigenvalue weighted by molar-refractivity contribution is 5.92. The number of fused-ring (bicyclic) bond motifs is 1. The van der Waals surface area contributed by atoms with Gasteiger partial charge >= 0.3 is 0 Å². The van der Waals surface area contributed by atoms with E-state index in [-0.39, 0.29) is 24.1 Å². The average Bonchev–Trinajstić information content (AvgIpc) is 2.89. The molecule has 1 aliphatic heterocycles. The summed E-state index contributed by atoms with van der Waals surface area (Å²) in [5, 5.41) is 3.62. The highest BCUT2D eigenvalue weighted by atomic mass is 19.1. The largest absolute Gasteiger partial charge is 0.361 e. The summed E-state index contributed by atoms with van der Waals surface area (Å²) in [7, 11) is 0. The maximum absolute atomic E-state index is 13.2. The third kappa shape index (κ3) is 2.56. The van der Waals surface area contributed by atoms with Crippen LogP contribution in [0, 0.1) is 5.82 Å². The van der Waals surface area contributed by atoms with Gasteiger partial charge in [-0.3, -0.25) is 9.59 Å².